The van der Waals surface area contributed by atoms with Gasteiger partial charge in [0, 0.05) is 17.3 Å². The first-order chi connectivity index (χ1) is 6.37. The zero-order valence-corrected chi connectivity index (χ0v) is 9.04. The lowest BCUT2D eigenvalue weighted by atomic mass is 10.2. The Bertz CT molecular complexity index is 225. The Morgan fingerprint density at radius 3 is 2.36 bits per heavy atom. The lowest BCUT2D eigenvalue weighted by molar-refractivity contribution is -0.144. The minimum absolute atomic E-state index is 0.261. The number of amides is 1. The van der Waals surface area contributed by atoms with Crippen LogP contribution < -0.4 is 5.32 Å². The highest BCUT2D eigenvalue weighted by Gasteiger charge is 2.43. The average molecular weight is 274 g/mol. The lowest BCUT2D eigenvalue weighted by Gasteiger charge is -2.14. The second kappa shape index (κ2) is 4.08. The number of alkyl halides is 4. The first-order valence-electron chi connectivity index (χ1n) is 4.31. The SMILES string of the molecule is O=C(CCC(F)(F)F)NC1(CBr)CC1. The molecule has 82 valence electrons. The first kappa shape index (κ1) is 11.8. The highest BCUT2D eigenvalue weighted by Crippen LogP contribution is 2.37. The van der Waals surface area contributed by atoms with Gasteiger partial charge in [0.05, 0.1) is 6.42 Å². The van der Waals surface area contributed by atoms with E-state index in [1.165, 1.54) is 0 Å². The molecule has 6 heteroatoms. The highest BCUT2D eigenvalue weighted by molar-refractivity contribution is 9.09. The van der Waals surface area contributed by atoms with Gasteiger partial charge >= 0.3 is 6.18 Å². The van der Waals surface area contributed by atoms with Gasteiger partial charge in [-0.2, -0.15) is 13.2 Å². The van der Waals surface area contributed by atoms with Crippen LogP contribution in [0.3, 0.4) is 0 Å². The first-order valence-corrected chi connectivity index (χ1v) is 5.43. The fourth-order valence-corrected chi connectivity index (χ4v) is 1.76. The summed E-state index contributed by atoms with van der Waals surface area (Å²) in [6.07, 6.45) is -4.08. The lowest BCUT2D eigenvalue weighted by Crippen LogP contribution is -2.38. The number of hydrogen-bond donors (Lipinski definition) is 1. The van der Waals surface area contributed by atoms with Crippen molar-refractivity contribution in [2.45, 2.75) is 37.4 Å². The van der Waals surface area contributed by atoms with E-state index in [9.17, 15) is 18.0 Å². The Balaban J connectivity index is 2.23. The molecular formula is C8H11BrF3NO. The van der Waals surface area contributed by atoms with Crippen molar-refractivity contribution < 1.29 is 18.0 Å². The van der Waals surface area contributed by atoms with Crippen LogP contribution >= 0.6 is 15.9 Å². The third kappa shape index (κ3) is 3.86. The molecule has 1 fully saturated rings. The van der Waals surface area contributed by atoms with Gasteiger partial charge in [0.25, 0.3) is 0 Å². The van der Waals surface area contributed by atoms with Crippen LogP contribution in [0, 0.1) is 0 Å². The van der Waals surface area contributed by atoms with Crippen molar-refractivity contribution in [2.24, 2.45) is 0 Å². The van der Waals surface area contributed by atoms with Crippen LogP contribution in [0.25, 0.3) is 0 Å². The van der Waals surface area contributed by atoms with Gasteiger partial charge < -0.3 is 5.32 Å². The summed E-state index contributed by atoms with van der Waals surface area (Å²) in [5.41, 5.74) is -0.261. The Morgan fingerprint density at radius 1 is 1.43 bits per heavy atom. The summed E-state index contributed by atoms with van der Waals surface area (Å²) in [6, 6.07) is 0. The van der Waals surface area contributed by atoms with Gasteiger partial charge in [0.2, 0.25) is 5.91 Å². The number of hydrogen-bond acceptors (Lipinski definition) is 1. The molecule has 0 unspecified atom stereocenters. The van der Waals surface area contributed by atoms with E-state index in [1.54, 1.807) is 0 Å². The molecule has 1 rings (SSSR count). The second-order valence-electron chi connectivity index (χ2n) is 3.58. The molecule has 1 aliphatic rings. The van der Waals surface area contributed by atoms with Crippen LogP contribution in [0.5, 0.6) is 0 Å². The van der Waals surface area contributed by atoms with E-state index in [-0.39, 0.29) is 5.54 Å². The molecule has 2 nitrogen and oxygen atoms in total. The van der Waals surface area contributed by atoms with E-state index in [4.69, 9.17) is 0 Å². The number of rotatable bonds is 4. The fourth-order valence-electron chi connectivity index (χ4n) is 1.06. The predicted octanol–water partition coefficient (Wildman–Crippen LogP) is 2.37. The number of nitrogens with one attached hydrogen (secondary N) is 1. The van der Waals surface area contributed by atoms with E-state index >= 15 is 0 Å². The quantitative estimate of drug-likeness (QED) is 0.783. The molecule has 1 saturated carbocycles. The molecule has 0 heterocycles. The van der Waals surface area contributed by atoms with Crippen LogP contribution in [-0.4, -0.2) is 23.0 Å². The van der Waals surface area contributed by atoms with Crippen molar-refractivity contribution >= 4 is 21.8 Å². The molecule has 14 heavy (non-hydrogen) atoms. The summed E-state index contributed by atoms with van der Waals surface area (Å²) in [7, 11) is 0. The number of carbonyl (C=O) groups is 1. The average Bonchev–Trinajstić information content (AvgIpc) is 2.81. The number of halogens is 4. The van der Waals surface area contributed by atoms with Crippen LogP contribution in [0.2, 0.25) is 0 Å². The molecule has 0 aromatic carbocycles. The molecule has 0 aliphatic heterocycles. The Labute approximate surface area is 88.4 Å². The van der Waals surface area contributed by atoms with Crippen molar-refractivity contribution in [1.29, 1.82) is 0 Å². The van der Waals surface area contributed by atoms with E-state index in [2.05, 4.69) is 21.2 Å². The molecule has 1 aliphatic carbocycles. The fraction of sp³-hybridized carbons (Fsp3) is 0.875. The van der Waals surface area contributed by atoms with Crippen LogP contribution in [0.15, 0.2) is 0 Å². The topological polar surface area (TPSA) is 29.1 Å². The smallest absolute Gasteiger partial charge is 0.350 e. The van der Waals surface area contributed by atoms with Crippen molar-refractivity contribution in [1.82, 2.24) is 5.32 Å². The van der Waals surface area contributed by atoms with Gasteiger partial charge in [-0.25, -0.2) is 0 Å². The maximum Gasteiger partial charge on any atom is 0.389 e. The van der Waals surface area contributed by atoms with Crippen LogP contribution in [0.4, 0.5) is 13.2 Å². The summed E-state index contributed by atoms with van der Waals surface area (Å²) in [5.74, 6) is -0.515. The summed E-state index contributed by atoms with van der Waals surface area (Å²) >= 11 is 3.22. The molecular weight excluding hydrogens is 263 g/mol. The largest absolute Gasteiger partial charge is 0.389 e. The van der Waals surface area contributed by atoms with Crippen LogP contribution in [0.1, 0.15) is 25.7 Å². The second-order valence-corrected chi connectivity index (χ2v) is 4.14. The van der Waals surface area contributed by atoms with Crippen molar-refractivity contribution in [2.75, 3.05) is 5.33 Å². The zero-order chi connectivity index (χ0) is 10.8. The van der Waals surface area contributed by atoms with Gasteiger partial charge in [-0.1, -0.05) is 15.9 Å². The molecule has 0 radical (unpaired) electrons. The molecule has 1 N–H and O–H groups in total. The third-order valence-corrected chi connectivity index (χ3v) is 3.22. The summed E-state index contributed by atoms with van der Waals surface area (Å²) in [5, 5.41) is 3.21. The maximum atomic E-state index is 11.8. The van der Waals surface area contributed by atoms with Gasteiger partial charge in [-0.05, 0) is 12.8 Å². The monoisotopic (exact) mass is 273 g/mol. The minimum Gasteiger partial charge on any atom is -0.350 e. The molecule has 0 atom stereocenters. The standard InChI is InChI=1S/C8H11BrF3NO/c9-5-7(3-4-7)13-6(14)1-2-8(10,11)12/h1-5H2,(H,13,14). The zero-order valence-electron chi connectivity index (χ0n) is 7.46. The molecule has 0 aromatic heterocycles. The Kier molecular flexibility index (Phi) is 3.44. The van der Waals surface area contributed by atoms with Crippen LogP contribution in [-0.2, 0) is 4.79 Å². The molecule has 0 aromatic rings. The van der Waals surface area contributed by atoms with E-state index in [0.29, 0.717) is 5.33 Å². The predicted molar refractivity (Wildman–Crippen MR) is 49.2 cm³/mol. The molecule has 0 spiro atoms. The van der Waals surface area contributed by atoms with Gasteiger partial charge in [-0.3, -0.25) is 4.79 Å². The maximum absolute atomic E-state index is 11.8. The van der Waals surface area contributed by atoms with Crippen molar-refractivity contribution in [3.05, 3.63) is 0 Å². The highest BCUT2D eigenvalue weighted by atomic mass is 79.9. The molecule has 0 saturated heterocycles. The molecule has 1 amide bonds. The van der Waals surface area contributed by atoms with Gasteiger partial charge in [0.15, 0.2) is 0 Å². The number of carbonyl (C=O) groups excluding carboxylic acids is 1. The summed E-state index contributed by atoms with van der Waals surface area (Å²) in [4.78, 5) is 11.1. The van der Waals surface area contributed by atoms with Gasteiger partial charge in [0.1, 0.15) is 0 Å². The van der Waals surface area contributed by atoms with Gasteiger partial charge in [-0.15, -0.1) is 0 Å². The minimum atomic E-state index is -4.25. The Morgan fingerprint density at radius 2 is 2.00 bits per heavy atom. The Hall–Kier alpha value is -0.260. The van der Waals surface area contributed by atoms with E-state index < -0.39 is 24.9 Å². The summed E-state index contributed by atoms with van der Waals surface area (Å²) in [6.45, 7) is 0. The summed E-state index contributed by atoms with van der Waals surface area (Å²) < 4.78 is 35.3. The normalized spacial score (nSPS) is 19.1. The van der Waals surface area contributed by atoms with Crippen molar-refractivity contribution in [3.8, 4) is 0 Å². The third-order valence-electron chi connectivity index (χ3n) is 2.15. The van der Waals surface area contributed by atoms with E-state index in [1.807, 2.05) is 0 Å². The van der Waals surface area contributed by atoms with Crippen molar-refractivity contribution in [3.63, 3.8) is 0 Å². The van der Waals surface area contributed by atoms with E-state index in [0.717, 1.165) is 12.8 Å². The molecule has 0 bridgehead atoms.